The van der Waals surface area contributed by atoms with Crippen molar-refractivity contribution in [2.75, 3.05) is 5.32 Å². The molecule has 0 aliphatic rings. The van der Waals surface area contributed by atoms with E-state index in [0.717, 1.165) is 23.4 Å². The normalized spacial score (nSPS) is 10.3. The molecule has 1 amide bonds. The maximum absolute atomic E-state index is 13.2. The van der Waals surface area contributed by atoms with Gasteiger partial charge >= 0.3 is 5.69 Å². The molecule has 1 heterocycles. The molecule has 0 spiro atoms. The number of rotatable bonds is 4. The van der Waals surface area contributed by atoms with Crippen LogP contribution in [0.1, 0.15) is 22.2 Å². The Morgan fingerprint density at radius 3 is 2.80 bits per heavy atom. The van der Waals surface area contributed by atoms with E-state index in [1.54, 1.807) is 11.4 Å². The summed E-state index contributed by atoms with van der Waals surface area (Å²) in [4.78, 5) is 22.8. The second-order valence-corrected chi connectivity index (χ2v) is 5.03. The van der Waals surface area contributed by atoms with Crippen LogP contribution in [0.2, 0.25) is 0 Å². The first kappa shape index (κ1) is 14.1. The molecule has 1 N–H and O–H groups in total. The molecule has 1 aromatic carbocycles. The van der Waals surface area contributed by atoms with E-state index in [2.05, 4.69) is 5.32 Å². The third-order valence-corrected chi connectivity index (χ3v) is 3.75. The van der Waals surface area contributed by atoms with Crippen molar-refractivity contribution in [3.8, 4) is 0 Å². The van der Waals surface area contributed by atoms with E-state index >= 15 is 0 Å². The summed E-state index contributed by atoms with van der Waals surface area (Å²) in [5.41, 5.74) is 0.00791. The topological polar surface area (TPSA) is 72.2 Å². The molecule has 0 aliphatic heterocycles. The highest BCUT2D eigenvalue weighted by atomic mass is 32.1. The van der Waals surface area contributed by atoms with Crippen LogP contribution in [-0.4, -0.2) is 10.8 Å². The Labute approximate surface area is 118 Å². The average molecular weight is 294 g/mol. The fourth-order valence-corrected chi connectivity index (χ4v) is 2.43. The van der Waals surface area contributed by atoms with E-state index in [0.29, 0.717) is 5.56 Å². The molecule has 2 aromatic rings. The molecule has 104 valence electrons. The van der Waals surface area contributed by atoms with Gasteiger partial charge in [0.25, 0.3) is 5.91 Å². The molecule has 0 radical (unpaired) electrons. The van der Waals surface area contributed by atoms with Crippen molar-refractivity contribution in [2.24, 2.45) is 0 Å². The summed E-state index contributed by atoms with van der Waals surface area (Å²) in [6.45, 7) is 1.98. The lowest BCUT2D eigenvalue weighted by atomic mass is 10.2. The Hall–Kier alpha value is -2.28. The number of hydrogen-bond donors (Lipinski definition) is 1. The molecule has 7 heteroatoms. The van der Waals surface area contributed by atoms with Crippen LogP contribution in [0.4, 0.5) is 15.8 Å². The first-order valence-electron chi connectivity index (χ1n) is 5.84. The highest BCUT2D eigenvalue weighted by molar-refractivity contribution is 7.10. The largest absolute Gasteiger partial charge is 0.322 e. The summed E-state index contributed by atoms with van der Waals surface area (Å²) in [6.07, 6.45) is 0.833. The Bertz CT molecular complexity index is 669. The lowest BCUT2D eigenvalue weighted by molar-refractivity contribution is -0.387. The van der Waals surface area contributed by atoms with Crippen LogP contribution in [0, 0.1) is 15.9 Å². The second-order valence-electron chi connectivity index (χ2n) is 4.03. The molecule has 0 atom stereocenters. The number of thiophene rings is 1. The molecule has 20 heavy (non-hydrogen) atoms. The number of halogens is 1. The summed E-state index contributed by atoms with van der Waals surface area (Å²) in [6, 6.07) is 5.00. The fourth-order valence-electron chi connectivity index (χ4n) is 1.62. The summed E-state index contributed by atoms with van der Waals surface area (Å²) >= 11 is 1.47. The van der Waals surface area contributed by atoms with Gasteiger partial charge in [-0.1, -0.05) is 6.92 Å². The molecule has 0 aliphatic carbocycles. The zero-order valence-corrected chi connectivity index (χ0v) is 11.4. The maximum atomic E-state index is 13.2. The Kier molecular flexibility index (Phi) is 4.09. The van der Waals surface area contributed by atoms with Gasteiger partial charge in [0.1, 0.15) is 0 Å². The van der Waals surface area contributed by atoms with Crippen LogP contribution in [0.25, 0.3) is 0 Å². The number of nitro groups is 1. The summed E-state index contributed by atoms with van der Waals surface area (Å²) in [7, 11) is 0. The molecule has 1 aromatic heterocycles. The Morgan fingerprint density at radius 1 is 1.45 bits per heavy atom. The number of amides is 1. The first-order chi connectivity index (χ1) is 9.51. The van der Waals surface area contributed by atoms with Crippen molar-refractivity contribution >= 4 is 28.6 Å². The zero-order valence-electron chi connectivity index (χ0n) is 10.6. The van der Waals surface area contributed by atoms with Gasteiger partial charge in [-0.3, -0.25) is 14.9 Å². The van der Waals surface area contributed by atoms with Gasteiger partial charge in [-0.05, 0) is 24.6 Å². The van der Waals surface area contributed by atoms with Crippen molar-refractivity contribution < 1.29 is 14.1 Å². The van der Waals surface area contributed by atoms with Crippen LogP contribution in [0.5, 0.6) is 0 Å². The van der Waals surface area contributed by atoms with E-state index in [1.165, 1.54) is 17.4 Å². The molecule has 0 saturated carbocycles. The monoisotopic (exact) mass is 294 g/mol. The number of nitro benzene ring substituents is 1. The van der Waals surface area contributed by atoms with E-state index in [9.17, 15) is 19.3 Å². The van der Waals surface area contributed by atoms with Gasteiger partial charge in [-0.2, -0.15) is 4.39 Å². The van der Waals surface area contributed by atoms with Crippen molar-refractivity contribution in [3.05, 3.63) is 56.0 Å². The molecule has 5 nitrogen and oxygen atoms in total. The lowest BCUT2D eigenvalue weighted by Crippen LogP contribution is -2.11. The Morgan fingerprint density at radius 2 is 2.20 bits per heavy atom. The molecule has 0 unspecified atom stereocenters. The van der Waals surface area contributed by atoms with Gasteiger partial charge in [0.2, 0.25) is 5.82 Å². The number of aryl methyl sites for hydroxylation is 1. The minimum absolute atomic E-state index is 0.187. The minimum atomic E-state index is -0.934. The SMILES string of the molecule is CCc1cc(C(=O)Nc2ccc(F)c([N+](=O)[O-])c2)cs1. The van der Waals surface area contributed by atoms with Gasteiger partial charge in [-0.15, -0.1) is 11.3 Å². The molecule has 2 rings (SSSR count). The second kappa shape index (κ2) is 5.79. The standard InChI is InChI=1S/C13H11FN2O3S/c1-2-10-5-8(7-20-10)13(17)15-9-3-4-11(14)12(6-9)16(18)19/h3-7H,2H2,1H3,(H,15,17). The summed E-state index contributed by atoms with van der Waals surface area (Å²) < 4.78 is 13.2. The van der Waals surface area contributed by atoms with Gasteiger partial charge < -0.3 is 5.32 Å². The predicted molar refractivity (Wildman–Crippen MR) is 74.7 cm³/mol. The van der Waals surface area contributed by atoms with Crippen LogP contribution >= 0.6 is 11.3 Å². The number of hydrogen-bond acceptors (Lipinski definition) is 4. The molecular weight excluding hydrogens is 283 g/mol. The van der Waals surface area contributed by atoms with E-state index in [1.807, 2.05) is 6.92 Å². The van der Waals surface area contributed by atoms with Crippen molar-refractivity contribution in [1.29, 1.82) is 0 Å². The minimum Gasteiger partial charge on any atom is -0.322 e. The highest BCUT2D eigenvalue weighted by Gasteiger charge is 2.16. The third kappa shape index (κ3) is 3.00. The summed E-state index contributed by atoms with van der Waals surface area (Å²) in [5.74, 6) is -1.31. The van der Waals surface area contributed by atoms with E-state index < -0.39 is 16.4 Å². The highest BCUT2D eigenvalue weighted by Crippen LogP contribution is 2.23. The maximum Gasteiger partial charge on any atom is 0.306 e. The van der Waals surface area contributed by atoms with E-state index in [-0.39, 0.29) is 11.6 Å². The fraction of sp³-hybridized carbons (Fsp3) is 0.154. The lowest BCUT2D eigenvalue weighted by Gasteiger charge is -2.03. The predicted octanol–water partition coefficient (Wildman–Crippen LogP) is 3.61. The van der Waals surface area contributed by atoms with Gasteiger partial charge in [0, 0.05) is 22.0 Å². The van der Waals surface area contributed by atoms with E-state index in [4.69, 9.17) is 0 Å². The van der Waals surface area contributed by atoms with Crippen molar-refractivity contribution in [1.82, 2.24) is 0 Å². The van der Waals surface area contributed by atoms with Crippen LogP contribution in [0.3, 0.4) is 0 Å². The van der Waals surface area contributed by atoms with Gasteiger partial charge in [0.15, 0.2) is 0 Å². The van der Waals surface area contributed by atoms with Crippen LogP contribution in [0.15, 0.2) is 29.6 Å². The number of nitrogens with one attached hydrogen (secondary N) is 1. The molecular formula is C13H11FN2O3S. The Balaban J connectivity index is 2.19. The first-order valence-corrected chi connectivity index (χ1v) is 6.72. The van der Waals surface area contributed by atoms with Crippen LogP contribution in [-0.2, 0) is 6.42 Å². The quantitative estimate of drug-likeness (QED) is 0.691. The van der Waals surface area contributed by atoms with Crippen LogP contribution < -0.4 is 5.32 Å². The molecule has 0 fully saturated rings. The number of carbonyl (C=O) groups is 1. The third-order valence-electron chi connectivity index (χ3n) is 2.67. The number of carbonyl (C=O) groups excluding carboxylic acids is 1. The van der Waals surface area contributed by atoms with Gasteiger partial charge in [0.05, 0.1) is 10.5 Å². The number of anilines is 1. The molecule has 0 saturated heterocycles. The summed E-state index contributed by atoms with van der Waals surface area (Å²) in [5, 5.41) is 14.9. The zero-order chi connectivity index (χ0) is 14.7. The van der Waals surface area contributed by atoms with Gasteiger partial charge in [-0.25, -0.2) is 0 Å². The smallest absolute Gasteiger partial charge is 0.306 e. The van der Waals surface area contributed by atoms with Crippen molar-refractivity contribution in [3.63, 3.8) is 0 Å². The van der Waals surface area contributed by atoms with Crippen molar-refractivity contribution in [2.45, 2.75) is 13.3 Å². The number of nitrogens with zero attached hydrogens (tertiary/aromatic N) is 1. The number of benzene rings is 1. The molecule has 0 bridgehead atoms. The average Bonchev–Trinajstić information content (AvgIpc) is 2.89.